The van der Waals surface area contributed by atoms with Crippen molar-refractivity contribution >= 4 is 0 Å². The van der Waals surface area contributed by atoms with E-state index in [1.807, 2.05) is 24.3 Å². The number of nitrogens with one attached hydrogen (secondary N) is 1. The molecule has 2 atom stereocenters. The van der Waals surface area contributed by atoms with E-state index in [-0.39, 0.29) is 6.10 Å². The Hall–Kier alpha value is -1.22. The molecule has 0 saturated carbocycles. The molecule has 1 saturated heterocycles. The van der Waals surface area contributed by atoms with Crippen LogP contribution in [0.4, 0.5) is 0 Å². The van der Waals surface area contributed by atoms with Crippen molar-refractivity contribution in [3.63, 3.8) is 0 Å². The van der Waals surface area contributed by atoms with E-state index in [9.17, 15) is 0 Å². The van der Waals surface area contributed by atoms with Gasteiger partial charge in [-0.25, -0.2) is 0 Å². The van der Waals surface area contributed by atoms with Crippen LogP contribution in [0.2, 0.25) is 0 Å². The Kier molecular flexibility index (Phi) is 6.37. The van der Waals surface area contributed by atoms with E-state index in [4.69, 9.17) is 9.47 Å². The molecule has 2 rings (SSSR count). The standard InChI is InChI=1S/C18H29NO2/c1-14(2)10-12-20-17-8-4-5-9-18(17)21-15(3)16-7-6-11-19-13-16/h4-5,8-9,14-16,19H,6-7,10-13H2,1-3H3/t15-,16-/m0/s1. The van der Waals surface area contributed by atoms with E-state index in [0.29, 0.717) is 11.8 Å². The second-order valence-corrected chi connectivity index (χ2v) is 6.41. The molecule has 0 aromatic heterocycles. The molecule has 1 heterocycles. The summed E-state index contributed by atoms with van der Waals surface area (Å²) in [5.74, 6) is 2.99. The van der Waals surface area contributed by atoms with Crippen LogP contribution in [-0.4, -0.2) is 25.8 Å². The van der Waals surface area contributed by atoms with Crippen molar-refractivity contribution in [1.82, 2.24) is 5.32 Å². The Labute approximate surface area is 129 Å². The number of hydrogen-bond acceptors (Lipinski definition) is 3. The second kappa shape index (κ2) is 8.28. The minimum Gasteiger partial charge on any atom is -0.490 e. The van der Waals surface area contributed by atoms with Gasteiger partial charge in [0.25, 0.3) is 0 Å². The molecular weight excluding hydrogens is 262 g/mol. The van der Waals surface area contributed by atoms with Crippen LogP contribution in [0, 0.1) is 11.8 Å². The summed E-state index contributed by atoms with van der Waals surface area (Å²) in [5.41, 5.74) is 0. The molecule has 1 N–H and O–H groups in total. The first kappa shape index (κ1) is 16.2. The summed E-state index contributed by atoms with van der Waals surface area (Å²) in [6.45, 7) is 9.53. The van der Waals surface area contributed by atoms with Gasteiger partial charge in [-0.2, -0.15) is 0 Å². The van der Waals surface area contributed by atoms with Gasteiger partial charge in [0.15, 0.2) is 11.5 Å². The Balaban J connectivity index is 1.92. The maximum absolute atomic E-state index is 6.18. The number of benzene rings is 1. The first-order valence-electron chi connectivity index (χ1n) is 8.26. The first-order chi connectivity index (χ1) is 10.2. The number of ether oxygens (including phenoxy) is 2. The Bertz CT molecular complexity index is 413. The highest BCUT2D eigenvalue weighted by Gasteiger charge is 2.22. The average Bonchev–Trinajstić information content (AvgIpc) is 2.49. The molecule has 1 fully saturated rings. The van der Waals surface area contributed by atoms with Crippen molar-refractivity contribution < 1.29 is 9.47 Å². The Morgan fingerprint density at radius 1 is 1.19 bits per heavy atom. The van der Waals surface area contributed by atoms with Crippen LogP contribution < -0.4 is 14.8 Å². The number of rotatable bonds is 7. The predicted octanol–water partition coefficient (Wildman–Crippen LogP) is 3.88. The molecule has 0 spiro atoms. The highest BCUT2D eigenvalue weighted by Crippen LogP contribution is 2.30. The maximum Gasteiger partial charge on any atom is 0.161 e. The maximum atomic E-state index is 6.18. The lowest BCUT2D eigenvalue weighted by Crippen LogP contribution is -2.37. The minimum atomic E-state index is 0.215. The molecule has 0 aliphatic carbocycles. The van der Waals surface area contributed by atoms with Gasteiger partial charge < -0.3 is 14.8 Å². The molecule has 1 aliphatic rings. The van der Waals surface area contributed by atoms with E-state index in [1.165, 1.54) is 12.8 Å². The summed E-state index contributed by atoms with van der Waals surface area (Å²) in [7, 11) is 0. The van der Waals surface area contributed by atoms with Gasteiger partial charge in [0.2, 0.25) is 0 Å². The molecule has 0 radical (unpaired) electrons. The molecule has 1 aliphatic heterocycles. The van der Waals surface area contributed by atoms with Crippen molar-refractivity contribution in [1.29, 1.82) is 0 Å². The molecule has 21 heavy (non-hydrogen) atoms. The van der Waals surface area contributed by atoms with Crippen LogP contribution >= 0.6 is 0 Å². The van der Waals surface area contributed by atoms with E-state index < -0.39 is 0 Å². The quantitative estimate of drug-likeness (QED) is 0.827. The van der Waals surface area contributed by atoms with Gasteiger partial charge in [-0.1, -0.05) is 26.0 Å². The molecule has 118 valence electrons. The number of piperidine rings is 1. The largest absolute Gasteiger partial charge is 0.490 e. The molecule has 3 heteroatoms. The molecule has 0 amide bonds. The monoisotopic (exact) mass is 291 g/mol. The third-order valence-corrected chi connectivity index (χ3v) is 4.11. The van der Waals surface area contributed by atoms with Gasteiger partial charge in [-0.05, 0) is 50.8 Å². The van der Waals surface area contributed by atoms with E-state index >= 15 is 0 Å². The van der Waals surface area contributed by atoms with E-state index in [2.05, 4.69) is 26.1 Å². The number of hydrogen-bond donors (Lipinski definition) is 1. The van der Waals surface area contributed by atoms with Gasteiger partial charge in [-0.3, -0.25) is 0 Å². The van der Waals surface area contributed by atoms with Crippen molar-refractivity contribution in [2.45, 2.75) is 46.1 Å². The Morgan fingerprint density at radius 2 is 1.95 bits per heavy atom. The summed E-state index contributed by atoms with van der Waals surface area (Å²) in [6.07, 6.45) is 3.76. The van der Waals surface area contributed by atoms with Crippen LogP contribution in [-0.2, 0) is 0 Å². The third kappa shape index (κ3) is 5.24. The fraction of sp³-hybridized carbons (Fsp3) is 0.667. The van der Waals surface area contributed by atoms with Gasteiger partial charge in [0, 0.05) is 12.5 Å². The number of para-hydroxylation sites is 2. The van der Waals surface area contributed by atoms with Crippen LogP contribution in [0.25, 0.3) is 0 Å². The van der Waals surface area contributed by atoms with Crippen molar-refractivity contribution in [2.24, 2.45) is 11.8 Å². The highest BCUT2D eigenvalue weighted by atomic mass is 16.5. The average molecular weight is 291 g/mol. The lowest BCUT2D eigenvalue weighted by atomic mass is 9.94. The summed E-state index contributed by atoms with van der Waals surface area (Å²) in [4.78, 5) is 0. The smallest absolute Gasteiger partial charge is 0.161 e. The molecule has 0 unspecified atom stereocenters. The highest BCUT2D eigenvalue weighted by molar-refractivity contribution is 5.39. The summed E-state index contributed by atoms with van der Waals surface area (Å²) in [6, 6.07) is 8.03. The zero-order valence-corrected chi connectivity index (χ0v) is 13.6. The van der Waals surface area contributed by atoms with Crippen LogP contribution in [0.15, 0.2) is 24.3 Å². The zero-order chi connectivity index (χ0) is 15.1. The normalized spacial score (nSPS) is 20.3. The first-order valence-corrected chi connectivity index (χ1v) is 8.26. The fourth-order valence-electron chi connectivity index (χ4n) is 2.65. The van der Waals surface area contributed by atoms with Crippen molar-refractivity contribution in [2.75, 3.05) is 19.7 Å². The van der Waals surface area contributed by atoms with Gasteiger partial charge in [0.05, 0.1) is 6.61 Å². The van der Waals surface area contributed by atoms with E-state index in [1.54, 1.807) is 0 Å². The molecule has 1 aromatic carbocycles. The molecule has 0 bridgehead atoms. The SMILES string of the molecule is CC(C)CCOc1ccccc1O[C@@H](C)[C@H]1CCCNC1. The molecule has 1 aromatic rings. The molecular formula is C18H29NO2. The van der Waals surface area contributed by atoms with Crippen LogP contribution in [0.1, 0.15) is 40.0 Å². The van der Waals surface area contributed by atoms with Gasteiger partial charge >= 0.3 is 0 Å². The van der Waals surface area contributed by atoms with Crippen molar-refractivity contribution in [3.8, 4) is 11.5 Å². The van der Waals surface area contributed by atoms with Crippen LogP contribution in [0.5, 0.6) is 11.5 Å². The Morgan fingerprint density at radius 3 is 2.62 bits per heavy atom. The lowest BCUT2D eigenvalue weighted by molar-refractivity contribution is 0.125. The summed E-state index contributed by atoms with van der Waals surface area (Å²) < 4.78 is 12.1. The fourth-order valence-corrected chi connectivity index (χ4v) is 2.65. The topological polar surface area (TPSA) is 30.5 Å². The third-order valence-electron chi connectivity index (χ3n) is 4.11. The molecule has 3 nitrogen and oxygen atoms in total. The van der Waals surface area contributed by atoms with Gasteiger partial charge in [-0.15, -0.1) is 0 Å². The summed E-state index contributed by atoms with van der Waals surface area (Å²) in [5, 5.41) is 3.45. The van der Waals surface area contributed by atoms with Crippen molar-refractivity contribution in [3.05, 3.63) is 24.3 Å². The second-order valence-electron chi connectivity index (χ2n) is 6.41. The van der Waals surface area contributed by atoms with Gasteiger partial charge in [0.1, 0.15) is 6.10 Å². The predicted molar refractivity (Wildman–Crippen MR) is 87.1 cm³/mol. The lowest BCUT2D eigenvalue weighted by Gasteiger charge is -2.29. The van der Waals surface area contributed by atoms with E-state index in [0.717, 1.165) is 37.6 Å². The van der Waals surface area contributed by atoms with Crippen LogP contribution in [0.3, 0.4) is 0 Å². The summed E-state index contributed by atoms with van der Waals surface area (Å²) >= 11 is 0. The minimum absolute atomic E-state index is 0.215. The zero-order valence-electron chi connectivity index (χ0n) is 13.6.